The number of β-amino-alcohol motifs (C(OH)–C–C–N with tert-alkyl or cyclic N) is 1. The van der Waals surface area contributed by atoms with E-state index in [0.717, 1.165) is 13.1 Å². The van der Waals surface area contributed by atoms with E-state index < -0.39 is 18.1 Å². The predicted octanol–water partition coefficient (Wildman–Crippen LogP) is -1.11. The number of carbonyl (C=O) groups is 2. The highest BCUT2D eigenvalue weighted by Gasteiger charge is 2.42. The standard InChI is InChI=1S/C11H18N2O4/c1-6(7-3-12-4-7)10(15)13-5-8(14)2-9(13)11(16)17/h6-9,12,14H,2-5H2,1H3,(H,16,17). The molecule has 3 N–H and O–H groups in total. The maximum atomic E-state index is 12.2. The monoisotopic (exact) mass is 242 g/mol. The van der Waals surface area contributed by atoms with Crippen LogP contribution in [-0.4, -0.2) is 58.8 Å². The number of aliphatic hydroxyl groups is 1. The topological polar surface area (TPSA) is 89.9 Å². The van der Waals surface area contributed by atoms with E-state index in [1.54, 1.807) is 0 Å². The number of likely N-dealkylation sites (tertiary alicyclic amines) is 1. The highest BCUT2D eigenvalue weighted by atomic mass is 16.4. The van der Waals surface area contributed by atoms with Gasteiger partial charge >= 0.3 is 5.97 Å². The van der Waals surface area contributed by atoms with Gasteiger partial charge in [-0.05, 0) is 19.0 Å². The first-order valence-corrected chi connectivity index (χ1v) is 5.92. The Morgan fingerprint density at radius 2 is 2.06 bits per heavy atom. The Balaban J connectivity index is 2.04. The summed E-state index contributed by atoms with van der Waals surface area (Å²) >= 11 is 0. The van der Waals surface area contributed by atoms with Gasteiger partial charge in [-0.2, -0.15) is 0 Å². The van der Waals surface area contributed by atoms with Crippen LogP contribution in [0.1, 0.15) is 13.3 Å². The summed E-state index contributed by atoms with van der Waals surface area (Å²) in [4.78, 5) is 24.5. The van der Waals surface area contributed by atoms with E-state index in [-0.39, 0.29) is 30.7 Å². The minimum Gasteiger partial charge on any atom is -0.480 e. The second kappa shape index (κ2) is 4.62. The number of nitrogens with one attached hydrogen (secondary N) is 1. The average molecular weight is 242 g/mol. The highest BCUT2D eigenvalue weighted by Crippen LogP contribution is 2.25. The van der Waals surface area contributed by atoms with Crippen LogP contribution in [0.4, 0.5) is 0 Å². The lowest BCUT2D eigenvalue weighted by Crippen LogP contribution is -2.52. The molecule has 2 fully saturated rings. The van der Waals surface area contributed by atoms with Crippen molar-refractivity contribution in [3.63, 3.8) is 0 Å². The van der Waals surface area contributed by atoms with Gasteiger partial charge in [0, 0.05) is 18.9 Å². The lowest BCUT2D eigenvalue weighted by atomic mass is 9.88. The number of nitrogens with zero attached hydrogens (tertiary/aromatic N) is 1. The van der Waals surface area contributed by atoms with Crippen molar-refractivity contribution in [3.8, 4) is 0 Å². The number of hydrogen-bond acceptors (Lipinski definition) is 4. The SMILES string of the molecule is CC(C(=O)N1CC(O)CC1C(=O)O)C1CNC1. The molecule has 2 saturated heterocycles. The van der Waals surface area contributed by atoms with Gasteiger partial charge in [-0.25, -0.2) is 4.79 Å². The number of aliphatic hydroxyl groups excluding tert-OH is 1. The maximum Gasteiger partial charge on any atom is 0.326 e. The van der Waals surface area contributed by atoms with Gasteiger partial charge in [-0.15, -0.1) is 0 Å². The fourth-order valence-electron chi connectivity index (χ4n) is 2.42. The second-order valence-corrected chi connectivity index (χ2v) is 4.94. The Kier molecular flexibility index (Phi) is 3.35. The molecule has 2 heterocycles. The molecule has 0 spiro atoms. The molecule has 2 aliphatic rings. The summed E-state index contributed by atoms with van der Waals surface area (Å²) in [5.41, 5.74) is 0. The Hall–Kier alpha value is -1.14. The molecule has 1 amide bonds. The van der Waals surface area contributed by atoms with Crippen LogP contribution in [0.3, 0.4) is 0 Å². The summed E-state index contributed by atoms with van der Waals surface area (Å²) in [7, 11) is 0. The van der Waals surface area contributed by atoms with Crippen molar-refractivity contribution in [1.82, 2.24) is 10.2 Å². The largest absolute Gasteiger partial charge is 0.480 e. The minimum atomic E-state index is -1.03. The molecule has 0 saturated carbocycles. The molecule has 2 aliphatic heterocycles. The molecule has 3 atom stereocenters. The Morgan fingerprint density at radius 1 is 1.41 bits per heavy atom. The summed E-state index contributed by atoms with van der Waals surface area (Å²) < 4.78 is 0. The zero-order valence-corrected chi connectivity index (χ0v) is 9.80. The first kappa shape index (κ1) is 12.3. The van der Waals surface area contributed by atoms with Crippen molar-refractivity contribution in [1.29, 1.82) is 0 Å². The van der Waals surface area contributed by atoms with Crippen molar-refractivity contribution in [2.75, 3.05) is 19.6 Å². The van der Waals surface area contributed by atoms with Crippen LogP contribution in [0.15, 0.2) is 0 Å². The third kappa shape index (κ3) is 2.28. The van der Waals surface area contributed by atoms with E-state index >= 15 is 0 Å². The molecule has 2 rings (SSSR count). The third-order valence-electron chi connectivity index (χ3n) is 3.76. The van der Waals surface area contributed by atoms with E-state index in [2.05, 4.69) is 5.32 Å². The number of hydrogen-bond donors (Lipinski definition) is 3. The molecule has 96 valence electrons. The molecule has 0 aromatic carbocycles. The molecule has 0 radical (unpaired) electrons. The summed E-state index contributed by atoms with van der Waals surface area (Å²) in [6, 6.07) is -0.868. The first-order chi connectivity index (χ1) is 8.00. The van der Waals surface area contributed by atoms with Gasteiger partial charge in [0.05, 0.1) is 6.10 Å². The number of carbonyl (C=O) groups excluding carboxylic acids is 1. The zero-order chi connectivity index (χ0) is 12.6. The van der Waals surface area contributed by atoms with Crippen molar-refractivity contribution in [3.05, 3.63) is 0 Å². The number of carboxylic acid groups (broad SMARTS) is 1. The summed E-state index contributed by atoms with van der Waals surface area (Å²) in [6.45, 7) is 3.58. The van der Waals surface area contributed by atoms with Crippen LogP contribution >= 0.6 is 0 Å². The van der Waals surface area contributed by atoms with Crippen LogP contribution < -0.4 is 5.32 Å². The van der Waals surface area contributed by atoms with Gasteiger partial charge in [0.15, 0.2) is 0 Å². The third-order valence-corrected chi connectivity index (χ3v) is 3.76. The van der Waals surface area contributed by atoms with Gasteiger partial charge in [-0.1, -0.05) is 6.92 Å². The summed E-state index contributed by atoms with van der Waals surface area (Å²) in [5, 5.41) is 21.6. The van der Waals surface area contributed by atoms with E-state index in [4.69, 9.17) is 5.11 Å². The Bertz CT molecular complexity index is 329. The van der Waals surface area contributed by atoms with Gasteiger partial charge < -0.3 is 20.4 Å². The number of rotatable bonds is 3. The second-order valence-electron chi connectivity index (χ2n) is 4.94. The molecule has 0 bridgehead atoms. The van der Waals surface area contributed by atoms with E-state index in [1.165, 1.54) is 4.90 Å². The van der Waals surface area contributed by atoms with Crippen LogP contribution in [0, 0.1) is 11.8 Å². The predicted molar refractivity (Wildman–Crippen MR) is 59.3 cm³/mol. The molecule has 0 aromatic heterocycles. The maximum absolute atomic E-state index is 12.2. The van der Waals surface area contributed by atoms with Crippen LogP contribution in [0.25, 0.3) is 0 Å². The van der Waals surface area contributed by atoms with E-state index in [1.807, 2.05) is 6.92 Å². The molecular weight excluding hydrogens is 224 g/mol. The van der Waals surface area contributed by atoms with Crippen LogP contribution in [0.5, 0.6) is 0 Å². The summed E-state index contributed by atoms with van der Waals surface area (Å²) in [5.74, 6) is -1.08. The van der Waals surface area contributed by atoms with Gasteiger partial charge in [0.1, 0.15) is 6.04 Å². The number of aliphatic carboxylic acids is 1. The molecule has 6 heteroatoms. The normalized spacial score (nSPS) is 31.1. The fourth-order valence-corrected chi connectivity index (χ4v) is 2.42. The van der Waals surface area contributed by atoms with Crippen molar-refractivity contribution in [2.24, 2.45) is 11.8 Å². The van der Waals surface area contributed by atoms with Gasteiger partial charge in [0.2, 0.25) is 5.91 Å². The van der Waals surface area contributed by atoms with E-state index in [9.17, 15) is 14.7 Å². The molecular formula is C11H18N2O4. The fraction of sp³-hybridized carbons (Fsp3) is 0.818. The zero-order valence-electron chi connectivity index (χ0n) is 9.80. The Morgan fingerprint density at radius 3 is 2.53 bits per heavy atom. The number of amides is 1. The number of carboxylic acids is 1. The smallest absolute Gasteiger partial charge is 0.326 e. The molecule has 0 aliphatic carbocycles. The molecule has 3 unspecified atom stereocenters. The van der Waals surface area contributed by atoms with Gasteiger partial charge in [0.25, 0.3) is 0 Å². The van der Waals surface area contributed by atoms with Crippen molar-refractivity contribution < 1.29 is 19.8 Å². The van der Waals surface area contributed by atoms with Crippen molar-refractivity contribution >= 4 is 11.9 Å². The summed E-state index contributed by atoms with van der Waals surface area (Å²) in [6.07, 6.45) is -0.580. The molecule has 17 heavy (non-hydrogen) atoms. The minimum absolute atomic E-state index is 0.136. The lowest BCUT2D eigenvalue weighted by molar-refractivity contribution is -0.150. The first-order valence-electron chi connectivity index (χ1n) is 5.92. The molecule has 6 nitrogen and oxygen atoms in total. The van der Waals surface area contributed by atoms with E-state index in [0.29, 0.717) is 0 Å². The van der Waals surface area contributed by atoms with Crippen molar-refractivity contribution in [2.45, 2.75) is 25.5 Å². The van der Waals surface area contributed by atoms with Crippen LogP contribution in [-0.2, 0) is 9.59 Å². The van der Waals surface area contributed by atoms with Gasteiger partial charge in [-0.3, -0.25) is 4.79 Å². The Labute approximate surface area is 99.6 Å². The van der Waals surface area contributed by atoms with Crippen LogP contribution in [0.2, 0.25) is 0 Å². The quantitative estimate of drug-likeness (QED) is 0.584. The highest BCUT2D eigenvalue weighted by molar-refractivity contribution is 5.86. The lowest BCUT2D eigenvalue weighted by Gasteiger charge is -2.34. The average Bonchev–Trinajstić information content (AvgIpc) is 2.56. The molecule has 0 aromatic rings.